The molecule has 1 heterocycles. The lowest BCUT2D eigenvalue weighted by atomic mass is 10.1. The molecule has 2 aromatic carbocycles. The van der Waals surface area contributed by atoms with Crippen LogP contribution in [0.1, 0.15) is 33.2 Å². The summed E-state index contributed by atoms with van der Waals surface area (Å²) in [6.07, 6.45) is 3.60. The number of aromatic nitrogens is 2. The number of nitrogens with one attached hydrogen (secondary N) is 1. The van der Waals surface area contributed by atoms with E-state index in [1.54, 1.807) is 24.3 Å². The maximum atomic E-state index is 12.6. The van der Waals surface area contributed by atoms with Crippen molar-refractivity contribution in [1.29, 1.82) is 0 Å². The standard InChI is InChI=1S/C23H26N4O2/c1-27(17-19-12-14-25-26-15-19)23(29)21-9-7-18(8-10-21)11-13-24-16-22(28)20-5-3-2-4-6-20/h2-10,12,14-15,22,24,28H,11,13,16-17H2,1H3. The summed E-state index contributed by atoms with van der Waals surface area (Å²) in [5, 5.41) is 21.0. The predicted molar refractivity (Wildman–Crippen MR) is 112 cm³/mol. The van der Waals surface area contributed by atoms with E-state index in [1.807, 2.05) is 60.7 Å². The molecule has 1 amide bonds. The van der Waals surface area contributed by atoms with Gasteiger partial charge in [-0.3, -0.25) is 4.79 Å². The first-order chi connectivity index (χ1) is 14.1. The van der Waals surface area contributed by atoms with Gasteiger partial charge in [-0.1, -0.05) is 42.5 Å². The minimum atomic E-state index is -0.512. The van der Waals surface area contributed by atoms with Crippen molar-refractivity contribution in [3.63, 3.8) is 0 Å². The van der Waals surface area contributed by atoms with Gasteiger partial charge in [-0.05, 0) is 47.9 Å². The third-order valence-corrected chi connectivity index (χ3v) is 4.73. The second kappa shape index (κ2) is 10.5. The van der Waals surface area contributed by atoms with E-state index in [-0.39, 0.29) is 5.91 Å². The molecule has 2 N–H and O–H groups in total. The van der Waals surface area contributed by atoms with E-state index in [9.17, 15) is 9.90 Å². The van der Waals surface area contributed by atoms with Crippen LogP contribution in [0.3, 0.4) is 0 Å². The number of nitrogens with zero attached hydrogens (tertiary/aromatic N) is 3. The Morgan fingerprint density at radius 3 is 2.48 bits per heavy atom. The van der Waals surface area contributed by atoms with Gasteiger partial charge in [0.15, 0.2) is 0 Å². The van der Waals surface area contributed by atoms with Gasteiger partial charge >= 0.3 is 0 Å². The van der Waals surface area contributed by atoms with Crippen LogP contribution in [0.2, 0.25) is 0 Å². The van der Waals surface area contributed by atoms with Gasteiger partial charge in [0.2, 0.25) is 0 Å². The fraction of sp³-hybridized carbons (Fsp3) is 0.261. The lowest BCUT2D eigenvalue weighted by Gasteiger charge is -2.17. The summed E-state index contributed by atoms with van der Waals surface area (Å²) < 4.78 is 0. The minimum Gasteiger partial charge on any atom is -0.387 e. The molecule has 0 spiro atoms. The maximum absolute atomic E-state index is 12.6. The van der Waals surface area contributed by atoms with E-state index in [1.165, 1.54) is 0 Å². The number of rotatable bonds is 9. The van der Waals surface area contributed by atoms with E-state index in [4.69, 9.17) is 0 Å². The Balaban J connectivity index is 1.44. The van der Waals surface area contributed by atoms with Crippen LogP contribution in [0.4, 0.5) is 0 Å². The monoisotopic (exact) mass is 390 g/mol. The van der Waals surface area contributed by atoms with Crippen LogP contribution >= 0.6 is 0 Å². The first kappa shape index (κ1) is 20.6. The lowest BCUT2D eigenvalue weighted by molar-refractivity contribution is 0.0785. The summed E-state index contributed by atoms with van der Waals surface area (Å²) in [5.74, 6) is -0.0301. The quantitative estimate of drug-likeness (QED) is 0.549. The van der Waals surface area contributed by atoms with E-state index < -0.39 is 6.10 Å². The van der Waals surface area contributed by atoms with Crippen molar-refractivity contribution < 1.29 is 9.90 Å². The van der Waals surface area contributed by atoms with Crippen molar-refractivity contribution in [2.45, 2.75) is 19.1 Å². The molecule has 0 saturated heterocycles. The minimum absolute atomic E-state index is 0.0301. The Hall–Kier alpha value is -3.09. The van der Waals surface area contributed by atoms with Crippen LogP contribution < -0.4 is 5.32 Å². The van der Waals surface area contributed by atoms with Crippen LogP contribution in [0.5, 0.6) is 0 Å². The topological polar surface area (TPSA) is 78.4 Å². The van der Waals surface area contributed by atoms with Crippen molar-refractivity contribution in [3.8, 4) is 0 Å². The molecule has 3 aromatic rings. The molecule has 0 aliphatic heterocycles. The molecule has 1 atom stereocenters. The van der Waals surface area contributed by atoms with Crippen LogP contribution in [0.25, 0.3) is 0 Å². The average molecular weight is 390 g/mol. The molecule has 0 bridgehead atoms. The van der Waals surface area contributed by atoms with Crippen molar-refractivity contribution >= 4 is 5.91 Å². The Bertz CT molecular complexity index is 886. The number of carbonyl (C=O) groups is 1. The Kier molecular flexibility index (Phi) is 7.44. The highest BCUT2D eigenvalue weighted by Crippen LogP contribution is 2.12. The van der Waals surface area contributed by atoms with Crippen LogP contribution in [0.15, 0.2) is 73.1 Å². The van der Waals surface area contributed by atoms with E-state index >= 15 is 0 Å². The Labute approximate surface area is 171 Å². The number of hydrogen-bond acceptors (Lipinski definition) is 5. The van der Waals surface area contributed by atoms with Gasteiger partial charge in [0, 0.05) is 31.9 Å². The second-order valence-electron chi connectivity index (χ2n) is 6.99. The molecular weight excluding hydrogens is 364 g/mol. The molecule has 0 fully saturated rings. The summed E-state index contributed by atoms with van der Waals surface area (Å²) in [6.45, 7) is 1.76. The van der Waals surface area contributed by atoms with Gasteiger partial charge in [-0.2, -0.15) is 10.2 Å². The molecule has 0 radical (unpaired) electrons. The number of carbonyl (C=O) groups excluding carboxylic acids is 1. The number of aliphatic hydroxyl groups is 1. The molecule has 6 nitrogen and oxygen atoms in total. The van der Waals surface area contributed by atoms with Crippen molar-refractivity contribution in [1.82, 2.24) is 20.4 Å². The molecular formula is C23H26N4O2. The summed E-state index contributed by atoms with van der Waals surface area (Å²) in [5.41, 5.74) is 3.65. The first-order valence-corrected chi connectivity index (χ1v) is 9.67. The maximum Gasteiger partial charge on any atom is 0.253 e. The zero-order valence-electron chi connectivity index (χ0n) is 16.5. The third-order valence-electron chi connectivity index (χ3n) is 4.73. The highest BCUT2D eigenvalue weighted by Gasteiger charge is 2.12. The lowest BCUT2D eigenvalue weighted by Crippen LogP contribution is -2.26. The normalized spacial score (nSPS) is 11.8. The molecule has 0 saturated carbocycles. The molecule has 1 aromatic heterocycles. The highest BCUT2D eigenvalue weighted by molar-refractivity contribution is 5.94. The fourth-order valence-electron chi connectivity index (χ4n) is 3.06. The number of benzene rings is 2. The van der Waals surface area contributed by atoms with Crippen molar-refractivity contribution in [2.75, 3.05) is 20.1 Å². The van der Waals surface area contributed by atoms with Crippen LogP contribution in [-0.2, 0) is 13.0 Å². The largest absolute Gasteiger partial charge is 0.387 e. The predicted octanol–water partition coefficient (Wildman–Crippen LogP) is 2.61. The van der Waals surface area contributed by atoms with Gasteiger partial charge < -0.3 is 15.3 Å². The molecule has 0 aliphatic rings. The Morgan fingerprint density at radius 2 is 1.79 bits per heavy atom. The average Bonchev–Trinajstić information content (AvgIpc) is 2.77. The molecule has 3 rings (SSSR count). The zero-order valence-corrected chi connectivity index (χ0v) is 16.5. The SMILES string of the molecule is CN(Cc1ccnnc1)C(=O)c1ccc(CCNCC(O)c2ccccc2)cc1. The summed E-state index contributed by atoms with van der Waals surface area (Å²) in [4.78, 5) is 14.2. The number of aliphatic hydroxyl groups excluding tert-OH is 1. The first-order valence-electron chi connectivity index (χ1n) is 9.67. The van der Waals surface area contributed by atoms with Crippen LogP contribution in [0, 0.1) is 0 Å². The van der Waals surface area contributed by atoms with Gasteiger partial charge in [-0.25, -0.2) is 0 Å². The van der Waals surface area contributed by atoms with Gasteiger partial charge in [-0.15, -0.1) is 0 Å². The zero-order chi connectivity index (χ0) is 20.5. The van der Waals surface area contributed by atoms with Crippen LogP contribution in [-0.4, -0.2) is 46.2 Å². The molecule has 0 aliphatic carbocycles. The number of hydrogen-bond donors (Lipinski definition) is 2. The highest BCUT2D eigenvalue weighted by atomic mass is 16.3. The van der Waals surface area contributed by atoms with Crippen molar-refractivity contribution in [3.05, 3.63) is 95.3 Å². The van der Waals surface area contributed by atoms with Gasteiger partial charge in [0.1, 0.15) is 0 Å². The summed E-state index contributed by atoms with van der Waals surface area (Å²) in [7, 11) is 1.78. The summed E-state index contributed by atoms with van der Waals surface area (Å²) >= 11 is 0. The smallest absolute Gasteiger partial charge is 0.253 e. The Morgan fingerprint density at radius 1 is 1.03 bits per heavy atom. The molecule has 150 valence electrons. The van der Waals surface area contributed by atoms with Gasteiger partial charge in [0.05, 0.1) is 12.3 Å². The van der Waals surface area contributed by atoms with Crippen molar-refractivity contribution in [2.24, 2.45) is 0 Å². The third kappa shape index (κ3) is 6.20. The molecule has 29 heavy (non-hydrogen) atoms. The molecule has 1 unspecified atom stereocenters. The second-order valence-corrected chi connectivity index (χ2v) is 6.99. The molecule has 6 heteroatoms. The van der Waals surface area contributed by atoms with E-state index in [0.29, 0.717) is 18.7 Å². The van der Waals surface area contributed by atoms with E-state index in [0.717, 1.165) is 29.7 Å². The van der Waals surface area contributed by atoms with E-state index in [2.05, 4.69) is 15.5 Å². The fourth-order valence-corrected chi connectivity index (χ4v) is 3.06. The number of amides is 1. The van der Waals surface area contributed by atoms with Gasteiger partial charge in [0.25, 0.3) is 5.91 Å². The summed E-state index contributed by atoms with van der Waals surface area (Å²) in [6, 6.07) is 19.1.